The molecule has 1 heterocycles. The molecule has 1 aliphatic heterocycles. The summed E-state index contributed by atoms with van der Waals surface area (Å²) in [6, 6.07) is 9.71. The fourth-order valence-electron chi connectivity index (χ4n) is 2.29. The van der Waals surface area contributed by atoms with Crippen molar-refractivity contribution in [2.45, 2.75) is 13.8 Å². The molecule has 104 valence electrons. The van der Waals surface area contributed by atoms with Crippen molar-refractivity contribution in [3.63, 3.8) is 0 Å². The van der Waals surface area contributed by atoms with Crippen molar-refractivity contribution in [3.8, 4) is 6.07 Å². The number of rotatable bonds is 2. The molecule has 2 rings (SSSR count). The molecule has 0 aliphatic carbocycles. The van der Waals surface area contributed by atoms with Gasteiger partial charge in [0.1, 0.15) is 0 Å². The summed E-state index contributed by atoms with van der Waals surface area (Å²) in [4.78, 5) is 16.2. The van der Waals surface area contributed by atoms with Crippen molar-refractivity contribution in [2.24, 2.45) is 0 Å². The number of nitrogens with zero attached hydrogens (tertiary/aromatic N) is 3. The van der Waals surface area contributed by atoms with Crippen LogP contribution in [0.1, 0.15) is 19.4 Å². The third-order valence-corrected chi connectivity index (χ3v) is 3.70. The number of nitriles is 1. The minimum Gasteiger partial charge on any atom is -0.368 e. The first-order valence-electron chi connectivity index (χ1n) is 6.83. The van der Waals surface area contributed by atoms with Gasteiger partial charge in [0.15, 0.2) is 0 Å². The van der Waals surface area contributed by atoms with E-state index >= 15 is 0 Å². The van der Waals surface area contributed by atoms with Crippen molar-refractivity contribution < 1.29 is 4.79 Å². The first-order valence-corrected chi connectivity index (χ1v) is 6.83. The number of carbonyl (C=O) groups is 1. The van der Waals surface area contributed by atoms with Crippen LogP contribution in [0.15, 0.2) is 35.9 Å². The van der Waals surface area contributed by atoms with Crippen LogP contribution in [0, 0.1) is 11.3 Å². The molecule has 1 saturated heterocycles. The molecule has 0 radical (unpaired) electrons. The van der Waals surface area contributed by atoms with Gasteiger partial charge in [-0.2, -0.15) is 5.26 Å². The lowest BCUT2D eigenvalue weighted by Crippen LogP contribution is -2.49. The Bertz CT molecular complexity index is 546. The molecule has 4 nitrogen and oxygen atoms in total. The van der Waals surface area contributed by atoms with E-state index in [1.165, 1.54) is 0 Å². The van der Waals surface area contributed by atoms with Crippen LogP contribution in [0.3, 0.4) is 0 Å². The van der Waals surface area contributed by atoms with Crippen molar-refractivity contribution in [2.75, 3.05) is 31.1 Å². The second-order valence-corrected chi connectivity index (χ2v) is 4.91. The summed E-state index contributed by atoms with van der Waals surface area (Å²) >= 11 is 0. The monoisotopic (exact) mass is 269 g/mol. The second-order valence-electron chi connectivity index (χ2n) is 4.91. The van der Waals surface area contributed by atoms with Gasteiger partial charge in [0.25, 0.3) is 0 Å². The highest BCUT2D eigenvalue weighted by atomic mass is 16.2. The number of hydrogen-bond acceptors (Lipinski definition) is 3. The van der Waals surface area contributed by atoms with Gasteiger partial charge in [0, 0.05) is 37.4 Å². The van der Waals surface area contributed by atoms with E-state index in [1.807, 2.05) is 49.1 Å². The molecule has 1 aliphatic rings. The topological polar surface area (TPSA) is 47.3 Å². The van der Waals surface area contributed by atoms with Crippen molar-refractivity contribution in [1.82, 2.24) is 4.90 Å². The van der Waals surface area contributed by atoms with E-state index in [-0.39, 0.29) is 5.91 Å². The predicted molar refractivity (Wildman–Crippen MR) is 79.4 cm³/mol. The number of carbonyl (C=O) groups excluding carboxylic acids is 1. The summed E-state index contributed by atoms with van der Waals surface area (Å²) in [5.74, 6) is 0.131. The zero-order valence-electron chi connectivity index (χ0n) is 12.0. The maximum absolute atomic E-state index is 12.1. The smallest absolute Gasteiger partial charge is 0.249 e. The average molecular weight is 269 g/mol. The Balaban J connectivity index is 1.97. The average Bonchev–Trinajstić information content (AvgIpc) is 2.53. The summed E-state index contributed by atoms with van der Waals surface area (Å²) in [6.45, 7) is 6.88. The van der Waals surface area contributed by atoms with E-state index in [0.29, 0.717) is 5.56 Å². The van der Waals surface area contributed by atoms with Crippen LogP contribution < -0.4 is 4.90 Å². The lowest BCUT2D eigenvalue weighted by atomic mass is 10.2. The zero-order chi connectivity index (χ0) is 14.5. The van der Waals surface area contributed by atoms with Crippen molar-refractivity contribution in [3.05, 3.63) is 41.5 Å². The largest absolute Gasteiger partial charge is 0.368 e. The Morgan fingerprint density at radius 1 is 1.20 bits per heavy atom. The third kappa shape index (κ3) is 3.00. The molecule has 0 spiro atoms. The molecule has 4 heteroatoms. The Kier molecular flexibility index (Phi) is 4.41. The van der Waals surface area contributed by atoms with Crippen LogP contribution >= 0.6 is 0 Å². The first kappa shape index (κ1) is 14.1. The van der Waals surface area contributed by atoms with Crippen molar-refractivity contribution in [1.29, 1.82) is 5.26 Å². The van der Waals surface area contributed by atoms with Gasteiger partial charge in [-0.25, -0.2) is 0 Å². The Hall–Kier alpha value is -2.28. The molecular formula is C16H19N3O. The summed E-state index contributed by atoms with van der Waals surface area (Å²) in [5, 5.41) is 8.80. The van der Waals surface area contributed by atoms with Crippen molar-refractivity contribution >= 4 is 11.6 Å². The van der Waals surface area contributed by atoms with Gasteiger partial charge >= 0.3 is 0 Å². The standard InChI is InChI=1S/C16H19N3O/c1-3-13(2)16(20)19-10-8-18(9-11-19)15-6-4-14(12-17)5-7-15/h3-7H,8-11H2,1-2H3/b13-3+. The minimum absolute atomic E-state index is 0.131. The third-order valence-electron chi connectivity index (χ3n) is 3.70. The number of amides is 1. The maximum Gasteiger partial charge on any atom is 0.249 e. The van der Waals surface area contributed by atoms with Crippen LogP contribution in [0.2, 0.25) is 0 Å². The molecular weight excluding hydrogens is 250 g/mol. The summed E-state index contributed by atoms with van der Waals surface area (Å²) < 4.78 is 0. The van der Waals surface area contributed by atoms with Gasteiger partial charge < -0.3 is 9.80 Å². The van der Waals surface area contributed by atoms with Crippen LogP contribution in [0.4, 0.5) is 5.69 Å². The van der Waals surface area contributed by atoms with Gasteiger partial charge in [0.2, 0.25) is 5.91 Å². The molecule has 0 aromatic heterocycles. The van der Waals surface area contributed by atoms with Crippen LogP contribution in [-0.4, -0.2) is 37.0 Å². The van der Waals surface area contributed by atoms with E-state index in [4.69, 9.17) is 5.26 Å². The fraction of sp³-hybridized carbons (Fsp3) is 0.375. The Morgan fingerprint density at radius 3 is 2.30 bits per heavy atom. The normalized spacial score (nSPS) is 15.9. The minimum atomic E-state index is 0.131. The molecule has 0 unspecified atom stereocenters. The number of anilines is 1. The molecule has 1 aromatic rings. The van der Waals surface area contributed by atoms with Crippen LogP contribution in [-0.2, 0) is 4.79 Å². The molecule has 1 fully saturated rings. The number of piperazine rings is 1. The van der Waals surface area contributed by atoms with Crippen LogP contribution in [0.5, 0.6) is 0 Å². The lowest BCUT2D eigenvalue weighted by molar-refractivity contribution is -0.127. The first-order chi connectivity index (χ1) is 9.65. The summed E-state index contributed by atoms with van der Waals surface area (Å²) in [7, 11) is 0. The zero-order valence-corrected chi connectivity index (χ0v) is 12.0. The van der Waals surface area contributed by atoms with Crippen LogP contribution in [0.25, 0.3) is 0 Å². The number of benzene rings is 1. The highest BCUT2D eigenvalue weighted by Gasteiger charge is 2.21. The molecule has 1 amide bonds. The Labute approximate surface area is 119 Å². The molecule has 20 heavy (non-hydrogen) atoms. The van der Waals surface area contributed by atoms with E-state index in [0.717, 1.165) is 37.4 Å². The highest BCUT2D eigenvalue weighted by molar-refractivity contribution is 5.92. The SMILES string of the molecule is C/C=C(\C)C(=O)N1CCN(c2ccc(C#N)cc2)CC1. The fourth-order valence-corrected chi connectivity index (χ4v) is 2.29. The summed E-state index contributed by atoms with van der Waals surface area (Å²) in [6.07, 6.45) is 1.86. The number of hydrogen-bond donors (Lipinski definition) is 0. The second kappa shape index (κ2) is 6.25. The molecule has 0 atom stereocenters. The molecule has 1 aromatic carbocycles. The highest BCUT2D eigenvalue weighted by Crippen LogP contribution is 2.17. The quantitative estimate of drug-likeness (QED) is 0.773. The van der Waals surface area contributed by atoms with Gasteiger partial charge in [0.05, 0.1) is 11.6 Å². The molecule has 0 N–H and O–H groups in total. The summed E-state index contributed by atoms with van der Waals surface area (Å²) in [5.41, 5.74) is 2.59. The molecule has 0 saturated carbocycles. The maximum atomic E-state index is 12.1. The predicted octanol–water partition coefficient (Wildman–Crippen LogP) is 2.17. The van der Waals surface area contributed by atoms with E-state index in [9.17, 15) is 4.79 Å². The van der Waals surface area contributed by atoms with E-state index in [1.54, 1.807) is 0 Å². The molecule has 0 bridgehead atoms. The van der Waals surface area contributed by atoms with Gasteiger partial charge in [-0.15, -0.1) is 0 Å². The van der Waals surface area contributed by atoms with Gasteiger partial charge in [-0.1, -0.05) is 6.08 Å². The van der Waals surface area contributed by atoms with E-state index in [2.05, 4.69) is 11.0 Å². The van der Waals surface area contributed by atoms with Gasteiger partial charge in [-0.05, 0) is 38.1 Å². The van der Waals surface area contributed by atoms with E-state index < -0.39 is 0 Å². The lowest BCUT2D eigenvalue weighted by Gasteiger charge is -2.36. The number of allylic oxidation sites excluding steroid dienone is 1. The Morgan fingerprint density at radius 2 is 1.80 bits per heavy atom. The van der Waals surface area contributed by atoms with Gasteiger partial charge in [-0.3, -0.25) is 4.79 Å².